The van der Waals surface area contributed by atoms with Crippen LogP contribution in [-0.4, -0.2) is 11.2 Å². The van der Waals surface area contributed by atoms with Crippen LogP contribution in [0.15, 0.2) is 18.2 Å². The van der Waals surface area contributed by atoms with E-state index in [1.54, 1.807) is 0 Å². The SMILES string of the molecule is CCC(C)Oc1ccc2c(c1)CC[C@@H]2O. The van der Waals surface area contributed by atoms with Crippen molar-refractivity contribution >= 4 is 0 Å². The van der Waals surface area contributed by atoms with Crippen LogP contribution in [0.25, 0.3) is 0 Å². The third-order valence-corrected chi connectivity index (χ3v) is 3.07. The number of aliphatic hydroxyl groups is 1. The Hall–Kier alpha value is -1.02. The lowest BCUT2D eigenvalue weighted by molar-refractivity contribution is 0.180. The van der Waals surface area contributed by atoms with E-state index in [2.05, 4.69) is 19.9 Å². The van der Waals surface area contributed by atoms with Gasteiger partial charge in [0.2, 0.25) is 0 Å². The first-order valence-electron chi connectivity index (χ1n) is 5.68. The van der Waals surface area contributed by atoms with E-state index in [1.807, 2.05) is 12.1 Å². The van der Waals surface area contributed by atoms with Crippen molar-refractivity contribution in [1.29, 1.82) is 0 Å². The van der Waals surface area contributed by atoms with Crippen molar-refractivity contribution in [1.82, 2.24) is 0 Å². The standard InChI is InChI=1S/C13H18O2/c1-3-9(2)15-11-5-6-12-10(8-11)4-7-13(12)14/h5-6,8-9,13-14H,3-4,7H2,1-2H3/t9?,13-/m0/s1. The Balaban J connectivity index is 2.16. The van der Waals surface area contributed by atoms with Gasteiger partial charge in [0.15, 0.2) is 0 Å². The molecular weight excluding hydrogens is 188 g/mol. The number of rotatable bonds is 3. The second-order valence-electron chi connectivity index (χ2n) is 4.25. The minimum Gasteiger partial charge on any atom is -0.491 e. The van der Waals surface area contributed by atoms with Crippen molar-refractivity contribution in [2.75, 3.05) is 0 Å². The minimum absolute atomic E-state index is 0.259. The highest BCUT2D eigenvalue weighted by atomic mass is 16.5. The Morgan fingerprint density at radius 1 is 1.53 bits per heavy atom. The molecule has 2 heteroatoms. The smallest absolute Gasteiger partial charge is 0.119 e. The first kappa shape index (κ1) is 10.5. The van der Waals surface area contributed by atoms with E-state index in [4.69, 9.17) is 4.74 Å². The van der Waals surface area contributed by atoms with Crippen LogP contribution in [0.5, 0.6) is 5.75 Å². The predicted molar refractivity (Wildman–Crippen MR) is 60.1 cm³/mol. The maximum Gasteiger partial charge on any atom is 0.119 e. The van der Waals surface area contributed by atoms with Crippen LogP contribution < -0.4 is 4.74 Å². The van der Waals surface area contributed by atoms with E-state index in [1.165, 1.54) is 5.56 Å². The van der Waals surface area contributed by atoms with E-state index in [0.717, 1.165) is 30.6 Å². The summed E-state index contributed by atoms with van der Waals surface area (Å²) >= 11 is 0. The van der Waals surface area contributed by atoms with E-state index >= 15 is 0 Å². The average Bonchev–Trinajstić information content (AvgIpc) is 2.60. The van der Waals surface area contributed by atoms with Gasteiger partial charge in [-0.3, -0.25) is 0 Å². The lowest BCUT2D eigenvalue weighted by atomic mass is 10.1. The van der Waals surface area contributed by atoms with Crippen molar-refractivity contribution in [3.63, 3.8) is 0 Å². The average molecular weight is 206 g/mol. The van der Waals surface area contributed by atoms with Crippen LogP contribution in [0.1, 0.15) is 43.9 Å². The topological polar surface area (TPSA) is 29.5 Å². The largest absolute Gasteiger partial charge is 0.491 e. The highest BCUT2D eigenvalue weighted by Crippen LogP contribution is 2.33. The molecule has 0 bridgehead atoms. The van der Waals surface area contributed by atoms with Crippen LogP contribution in [-0.2, 0) is 6.42 Å². The van der Waals surface area contributed by atoms with Gasteiger partial charge in [0.1, 0.15) is 5.75 Å². The summed E-state index contributed by atoms with van der Waals surface area (Å²) < 4.78 is 5.74. The fraction of sp³-hybridized carbons (Fsp3) is 0.538. The number of hydrogen-bond acceptors (Lipinski definition) is 2. The third kappa shape index (κ3) is 2.15. The van der Waals surface area contributed by atoms with Gasteiger partial charge in [0.05, 0.1) is 12.2 Å². The van der Waals surface area contributed by atoms with E-state index in [9.17, 15) is 5.11 Å². The summed E-state index contributed by atoms with van der Waals surface area (Å²) in [6.07, 6.45) is 2.82. The second kappa shape index (κ2) is 4.23. The lowest BCUT2D eigenvalue weighted by Crippen LogP contribution is -2.09. The second-order valence-corrected chi connectivity index (χ2v) is 4.25. The van der Waals surface area contributed by atoms with Crippen molar-refractivity contribution in [3.05, 3.63) is 29.3 Å². The summed E-state index contributed by atoms with van der Waals surface area (Å²) in [7, 11) is 0. The Labute approximate surface area is 90.9 Å². The molecule has 2 nitrogen and oxygen atoms in total. The van der Waals surface area contributed by atoms with Crippen molar-refractivity contribution in [2.24, 2.45) is 0 Å². The molecule has 0 saturated carbocycles. The highest BCUT2D eigenvalue weighted by molar-refractivity contribution is 5.39. The number of hydrogen-bond donors (Lipinski definition) is 1. The molecule has 1 aliphatic rings. The van der Waals surface area contributed by atoms with Gasteiger partial charge >= 0.3 is 0 Å². The van der Waals surface area contributed by atoms with E-state index in [0.29, 0.717) is 0 Å². The third-order valence-electron chi connectivity index (χ3n) is 3.07. The fourth-order valence-electron chi connectivity index (χ4n) is 1.96. The van der Waals surface area contributed by atoms with Gasteiger partial charge in [-0.15, -0.1) is 0 Å². The molecule has 0 radical (unpaired) electrons. The molecule has 1 unspecified atom stereocenters. The lowest BCUT2D eigenvalue weighted by Gasteiger charge is -2.13. The molecule has 0 spiro atoms. The monoisotopic (exact) mass is 206 g/mol. The van der Waals surface area contributed by atoms with Crippen molar-refractivity contribution in [2.45, 2.75) is 45.3 Å². The quantitative estimate of drug-likeness (QED) is 0.824. The molecule has 0 heterocycles. The predicted octanol–water partition coefficient (Wildman–Crippen LogP) is 2.84. The van der Waals surface area contributed by atoms with Crippen LogP contribution >= 0.6 is 0 Å². The molecule has 1 aliphatic carbocycles. The fourth-order valence-corrected chi connectivity index (χ4v) is 1.96. The zero-order valence-corrected chi connectivity index (χ0v) is 9.36. The van der Waals surface area contributed by atoms with Crippen molar-refractivity contribution in [3.8, 4) is 5.75 Å². The van der Waals surface area contributed by atoms with Gasteiger partial charge in [-0.05, 0) is 49.4 Å². The van der Waals surface area contributed by atoms with Crippen LogP contribution in [0.4, 0.5) is 0 Å². The molecule has 0 amide bonds. The van der Waals surface area contributed by atoms with Gasteiger partial charge in [0.25, 0.3) is 0 Å². The number of benzene rings is 1. The molecule has 1 aromatic rings. The number of aliphatic hydroxyl groups excluding tert-OH is 1. The van der Waals surface area contributed by atoms with Crippen LogP contribution in [0.2, 0.25) is 0 Å². The molecule has 2 atom stereocenters. The highest BCUT2D eigenvalue weighted by Gasteiger charge is 2.20. The number of ether oxygens (including phenoxy) is 1. The minimum atomic E-state index is -0.266. The van der Waals surface area contributed by atoms with E-state index in [-0.39, 0.29) is 12.2 Å². The first-order valence-corrected chi connectivity index (χ1v) is 5.68. The zero-order chi connectivity index (χ0) is 10.8. The normalized spacial score (nSPS) is 21.1. The van der Waals surface area contributed by atoms with Gasteiger partial charge in [-0.25, -0.2) is 0 Å². The molecule has 0 saturated heterocycles. The first-order chi connectivity index (χ1) is 7.20. The summed E-state index contributed by atoms with van der Waals surface area (Å²) in [6, 6.07) is 6.02. The Kier molecular flexibility index (Phi) is 2.96. The molecule has 82 valence electrons. The molecule has 0 aromatic heterocycles. The molecule has 0 fully saturated rings. The summed E-state index contributed by atoms with van der Waals surface area (Å²) in [4.78, 5) is 0. The van der Waals surface area contributed by atoms with Gasteiger partial charge in [0, 0.05) is 0 Å². The summed E-state index contributed by atoms with van der Waals surface area (Å²) in [5, 5.41) is 9.66. The summed E-state index contributed by atoms with van der Waals surface area (Å²) in [5.74, 6) is 0.928. The van der Waals surface area contributed by atoms with E-state index < -0.39 is 0 Å². The summed E-state index contributed by atoms with van der Waals surface area (Å²) in [5.41, 5.74) is 2.31. The Morgan fingerprint density at radius 3 is 3.07 bits per heavy atom. The molecule has 1 N–H and O–H groups in total. The Morgan fingerprint density at radius 2 is 2.33 bits per heavy atom. The Bertz CT molecular complexity index is 346. The molecule has 2 rings (SSSR count). The molecule has 1 aromatic carbocycles. The number of aryl methyl sites for hydroxylation is 1. The zero-order valence-electron chi connectivity index (χ0n) is 9.36. The van der Waals surface area contributed by atoms with Gasteiger partial charge < -0.3 is 9.84 Å². The summed E-state index contributed by atoms with van der Waals surface area (Å²) in [6.45, 7) is 4.18. The van der Waals surface area contributed by atoms with Gasteiger partial charge in [-0.1, -0.05) is 13.0 Å². The van der Waals surface area contributed by atoms with Gasteiger partial charge in [-0.2, -0.15) is 0 Å². The van der Waals surface area contributed by atoms with Crippen LogP contribution in [0, 0.1) is 0 Å². The molecule has 15 heavy (non-hydrogen) atoms. The maximum atomic E-state index is 9.66. The van der Waals surface area contributed by atoms with Crippen LogP contribution in [0.3, 0.4) is 0 Å². The molecular formula is C13H18O2. The maximum absolute atomic E-state index is 9.66. The molecule has 0 aliphatic heterocycles. The number of fused-ring (bicyclic) bond motifs is 1. The van der Waals surface area contributed by atoms with Crippen molar-refractivity contribution < 1.29 is 9.84 Å².